The predicted octanol–water partition coefficient (Wildman–Crippen LogP) is 5.42. The predicted molar refractivity (Wildman–Crippen MR) is 105 cm³/mol. The number of benzene rings is 1. The highest BCUT2D eigenvalue weighted by atomic mass is 32.1. The highest BCUT2D eigenvalue weighted by Gasteiger charge is 2.34. The van der Waals surface area contributed by atoms with Gasteiger partial charge in [0, 0.05) is 11.1 Å². The number of fused-ring (bicyclic) bond motifs is 2. The molecular formula is C20H18F3N3OS. The number of nitrogen functional groups attached to an aromatic ring is 1. The maximum Gasteiger partial charge on any atom is 0.418 e. The van der Waals surface area contributed by atoms with Gasteiger partial charge < -0.3 is 11.1 Å². The smallest absolute Gasteiger partial charge is 0.397 e. The first kappa shape index (κ1) is 18.7. The van der Waals surface area contributed by atoms with E-state index in [1.54, 1.807) is 0 Å². The van der Waals surface area contributed by atoms with Crippen LogP contribution in [0.3, 0.4) is 0 Å². The Bertz CT molecular complexity index is 1060. The first-order valence-corrected chi connectivity index (χ1v) is 9.84. The molecule has 4 rings (SSSR count). The fourth-order valence-electron chi connectivity index (χ4n) is 3.52. The molecule has 0 bridgehead atoms. The number of thiophene rings is 1. The molecule has 2 heterocycles. The van der Waals surface area contributed by atoms with Crippen molar-refractivity contribution in [2.24, 2.45) is 0 Å². The summed E-state index contributed by atoms with van der Waals surface area (Å²) in [6.07, 6.45) is 0.581. The number of halogens is 3. The average molecular weight is 405 g/mol. The molecule has 0 spiro atoms. The maximum absolute atomic E-state index is 13.2. The molecule has 8 heteroatoms. The molecule has 0 unspecified atom stereocenters. The number of alkyl halides is 3. The lowest BCUT2D eigenvalue weighted by atomic mass is 10.1. The number of nitrogens with zero attached hydrogens (tertiary/aromatic N) is 1. The molecule has 1 amide bonds. The van der Waals surface area contributed by atoms with Crippen molar-refractivity contribution in [1.29, 1.82) is 0 Å². The SMILES string of the molecule is Nc1c(C(=O)Nc2ccccc2C(F)(F)F)sc2nc3c(cc12)CCCCC3. The number of aromatic nitrogens is 1. The van der Waals surface area contributed by atoms with Gasteiger partial charge in [0.15, 0.2) is 0 Å². The second-order valence-electron chi connectivity index (χ2n) is 6.85. The number of pyridine rings is 1. The van der Waals surface area contributed by atoms with E-state index in [1.807, 2.05) is 6.07 Å². The Labute approximate surface area is 163 Å². The van der Waals surface area contributed by atoms with Gasteiger partial charge in [-0.25, -0.2) is 4.98 Å². The highest BCUT2D eigenvalue weighted by Crippen LogP contribution is 2.37. The number of nitrogens with two attached hydrogens (primary N) is 1. The van der Waals surface area contributed by atoms with Crippen molar-refractivity contribution in [2.75, 3.05) is 11.1 Å². The number of hydrogen-bond acceptors (Lipinski definition) is 4. The van der Waals surface area contributed by atoms with E-state index in [2.05, 4.69) is 10.3 Å². The van der Waals surface area contributed by atoms with Crippen LogP contribution in [0, 0.1) is 0 Å². The minimum absolute atomic E-state index is 0.180. The number of hydrogen-bond donors (Lipinski definition) is 2. The molecule has 1 aliphatic rings. The number of carbonyl (C=O) groups excluding carboxylic acids is 1. The molecule has 4 nitrogen and oxygen atoms in total. The van der Waals surface area contributed by atoms with Crippen LogP contribution in [-0.2, 0) is 19.0 Å². The summed E-state index contributed by atoms with van der Waals surface area (Å²) in [7, 11) is 0. The third-order valence-electron chi connectivity index (χ3n) is 4.94. The molecule has 146 valence electrons. The first-order valence-electron chi connectivity index (χ1n) is 9.03. The van der Waals surface area contributed by atoms with Crippen molar-refractivity contribution in [3.05, 3.63) is 52.0 Å². The standard InChI is InChI=1S/C20H18F3N3OS/c21-20(22,23)13-7-4-5-9-15(13)25-18(27)17-16(24)12-10-11-6-2-1-3-8-14(11)26-19(12)28-17/h4-5,7,9-10H,1-3,6,8,24H2,(H,25,27). The van der Waals surface area contributed by atoms with Crippen LogP contribution in [-0.4, -0.2) is 10.9 Å². The quantitative estimate of drug-likeness (QED) is 0.560. The van der Waals surface area contributed by atoms with Crippen molar-refractivity contribution in [1.82, 2.24) is 4.98 Å². The van der Waals surface area contributed by atoms with E-state index in [0.717, 1.165) is 60.8 Å². The van der Waals surface area contributed by atoms with Gasteiger partial charge in [0.2, 0.25) is 0 Å². The minimum Gasteiger partial charge on any atom is -0.397 e. The van der Waals surface area contributed by atoms with Crippen molar-refractivity contribution >= 4 is 38.8 Å². The van der Waals surface area contributed by atoms with Crippen LogP contribution in [0.15, 0.2) is 30.3 Å². The maximum atomic E-state index is 13.2. The Morgan fingerprint density at radius 2 is 1.89 bits per heavy atom. The molecule has 2 aromatic heterocycles. The molecule has 1 aromatic carbocycles. The molecule has 28 heavy (non-hydrogen) atoms. The van der Waals surface area contributed by atoms with Gasteiger partial charge in [-0.3, -0.25) is 4.79 Å². The molecule has 1 aliphatic carbocycles. The Morgan fingerprint density at radius 3 is 2.68 bits per heavy atom. The van der Waals surface area contributed by atoms with E-state index in [-0.39, 0.29) is 16.3 Å². The van der Waals surface area contributed by atoms with E-state index in [9.17, 15) is 18.0 Å². The largest absolute Gasteiger partial charge is 0.418 e. The van der Waals surface area contributed by atoms with Gasteiger partial charge in [0.05, 0.1) is 16.9 Å². The number of amides is 1. The number of anilines is 2. The number of nitrogens with one attached hydrogen (secondary N) is 1. The van der Waals surface area contributed by atoms with E-state index in [1.165, 1.54) is 18.2 Å². The number of para-hydroxylation sites is 1. The number of aryl methyl sites for hydroxylation is 2. The zero-order valence-electron chi connectivity index (χ0n) is 14.9. The summed E-state index contributed by atoms with van der Waals surface area (Å²) in [5.74, 6) is -0.660. The van der Waals surface area contributed by atoms with E-state index < -0.39 is 17.6 Å². The molecule has 0 saturated carbocycles. The van der Waals surface area contributed by atoms with E-state index in [0.29, 0.717) is 10.2 Å². The van der Waals surface area contributed by atoms with Crippen LogP contribution >= 0.6 is 11.3 Å². The zero-order valence-corrected chi connectivity index (χ0v) is 15.7. The molecule has 0 saturated heterocycles. The van der Waals surface area contributed by atoms with Gasteiger partial charge in [-0.15, -0.1) is 11.3 Å². The monoisotopic (exact) mass is 405 g/mol. The highest BCUT2D eigenvalue weighted by molar-refractivity contribution is 7.21. The van der Waals surface area contributed by atoms with Crippen molar-refractivity contribution in [3.63, 3.8) is 0 Å². The topological polar surface area (TPSA) is 68.0 Å². The first-order chi connectivity index (χ1) is 13.3. The Hall–Kier alpha value is -2.61. The summed E-state index contributed by atoms with van der Waals surface area (Å²) >= 11 is 1.11. The third kappa shape index (κ3) is 3.44. The van der Waals surface area contributed by atoms with Gasteiger partial charge >= 0.3 is 6.18 Å². The summed E-state index contributed by atoms with van der Waals surface area (Å²) in [5.41, 5.74) is 7.43. The normalized spacial score (nSPS) is 14.5. The van der Waals surface area contributed by atoms with Crippen LogP contribution in [0.25, 0.3) is 10.2 Å². The van der Waals surface area contributed by atoms with Gasteiger partial charge in [-0.05, 0) is 49.4 Å². The summed E-state index contributed by atoms with van der Waals surface area (Å²) < 4.78 is 39.5. The van der Waals surface area contributed by atoms with Crippen LogP contribution in [0.2, 0.25) is 0 Å². The van der Waals surface area contributed by atoms with Crippen LogP contribution in [0.5, 0.6) is 0 Å². The Morgan fingerprint density at radius 1 is 1.14 bits per heavy atom. The van der Waals surface area contributed by atoms with Gasteiger partial charge in [-0.1, -0.05) is 18.6 Å². The summed E-state index contributed by atoms with van der Waals surface area (Å²) in [6.45, 7) is 0. The van der Waals surface area contributed by atoms with Crippen molar-refractivity contribution in [2.45, 2.75) is 38.3 Å². The average Bonchev–Trinajstić information content (AvgIpc) is 2.82. The third-order valence-corrected chi connectivity index (χ3v) is 6.05. The molecule has 0 fully saturated rings. The van der Waals surface area contributed by atoms with E-state index in [4.69, 9.17) is 5.73 Å². The molecular weight excluding hydrogens is 387 g/mol. The summed E-state index contributed by atoms with van der Waals surface area (Å²) in [6, 6.07) is 6.86. The fraction of sp³-hybridized carbons (Fsp3) is 0.300. The van der Waals surface area contributed by atoms with Crippen molar-refractivity contribution in [3.8, 4) is 0 Å². The van der Waals surface area contributed by atoms with E-state index >= 15 is 0 Å². The molecule has 0 aliphatic heterocycles. The van der Waals surface area contributed by atoms with Gasteiger partial charge in [-0.2, -0.15) is 13.2 Å². The van der Waals surface area contributed by atoms with Crippen LogP contribution < -0.4 is 11.1 Å². The summed E-state index contributed by atoms with van der Waals surface area (Å²) in [5, 5.41) is 3.05. The molecule has 3 aromatic rings. The van der Waals surface area contributed by atoms with Crippen LogP contribution in [0.4, 0.5) is 24.5 Å². The number of rotatable bonds is 2. The van der Waals surface area contributed by atoms with Crippen LogP contribution in [0.1, 0.15) is 45.8 Å². The molecule has 0 atom stereocenters. The Kier molecular flexibility index (Phi) is 4.74. The van der Waals surface area contributed by atoms with Crippen molar-refractivity contribution < 1.29 is 18.0 Å². The second kappa shape index (κ2) is 7.09. The zero-order chi connectivity index (χ0) is 19.9. The van der Waals surface area contributed by atoms with Gasteiger partial charge in [0.25, 0.3) is 5.91 Å². The summed E-state index contributed by atoms with van der Waals surface area (Å²) in [4.78, 5) is 18.2. The minimum atomic E-state index is -4.56. The molecule has 0 radical (unpaired) electrons. The molecule has 3 N–H and O–H groups in total. The second-order valence-corrected chi connectivity index (χ2v) is 7.85. The lowest BCUT2D eigenvalue weighted by molar-refractivity contribution is -0.136. The number of carbonyl (C=O) groups is 1. The fourth-order valence-corrected chi connectivity index (χ4v) is 4.51. The Balaban J connectivity index is 1.70. The van der Waals surface area contributed by atoms with Gasteiger partial charge in [0.1, 0.15) is 9.71 Å². The lowest BCUT2D eigenvalue weighted by Crippen LogP contribution is -2.16. The lowest BCUT2D eigenvalue weighted by Gasteiger charge is -2.13.